The molecule has 0 aromatic carbocycles. The number of carboxylic acids is 1. The van der Waals surface area contributed by atoms with Gasteiger partial charge in [-0.25, -0.2) is 0 Å². The van der Waals surface area contributed by atoms with Gasteiger partial charge in [-0.15, -0.1) is 0 Å². The molecule has 4 N–H and O–H groups in total. The van der Waals surface area contributed by atoms with Gasteiger partial charge >= 0.3 is 5.97 Å². The molecule has 0 heterocycles. The first-order valence-electron chi connectivity index (χ1n) is 9.55. The molecule has 1 aliphatic rings. The van der Waals surface area contributed by atoms with Crippen LogP contribution in [0.25, 0.3) is 0 Å². The van der Waals surface area contributed by atoms with Gasteiger partial charge in [-0.3, -0.25) is 4.79 Å². The number of carboxylic acid groups (broad SMARTS) is 1. The lowest BCUT2D eigenvalue weighted by molar-refractivity contribution is -0.137. The molecule has 5 nitrogen and oxygen atoms in total. The first-order valence-corrected chi connectivity index (χ1v) is 9.55. The average molecular weight is 354 g/mol. The van der Waals surface area contributed by atoms with Crippen molar-refractivity contribution in [3.8, 4) is 0 Å². The van der Waals surface area contributed by atoms with Gasteiger partial charge in [0.25, 0.3) is 0 Å². The maximum Gasteiger partial charge on any atom is 0.303 e. The molecule has 0 aliphatic heterocycles. The second-order valence-corrected chi connectivity index (χ2v) is 7.05. The highest BCUT2D eigenvalue weighted by molar-refractivity contribution is 5.66. The zero-order chi connectivity index (χ0) is 18.7. The minimum Gasteiger partial charge on any atom is -0.481 e. The van der Waals surface area contributed by atoms with Gasteiger partial charge in [-0.05, 0) is 31.6 Å². The second-order valence-electron chi connectivity index (χ2n) is 7.05. The fourth-order valence-electron chi connectivity index (χ4n) is 3.41. The maximum atomic E-state index is 10.5. The number of rotatable bonds is 12. The third-order valence-electron chi connectivity index (χ3n) is 4.91. The lowest BCUT2D eigenvalue weighted by Crippen LogP contribution is -2.20. The number of carbonyl (C=O) groups is 1. The largest absolute Gasteiger partial charge is 0.481 e. The minimum absolute atomic E-state index is 0.0650. The highest BCUT2D eigenvalue weighted by Gasteiger charge is 2.39. The van der Waals surface area contributed by atoms with Gasteiger partial charge in [-0.1, -0.05) is 50.5 Å². The van der Waals surface area contributed by atoms with Gasteiger partial charge in [0.15, 0.2) is 0 Å². The summed E-state index contributed by atoms with van der Waals surface area (Å²) < 4.78 is 0. The summed E-state index contributed by atoms with van der Waals surface area (Å²) in [6.07, 6.45) is 12.3. The zero-order valence-electron chi connectivity index (χ0n) is 15.3. The molecule has 25 heavy (non-hydrogen) atoms. The molecule has 5 atom stereocenters. The molecule has 1 rings (SSSR count). The molecule has 1 saturated carbocycles. The maximum absolute atomic E-state index is 10.5. The summed E-state index contributed by atoms with van der Waals surface area (Å²) in [6, 6.07) is 0. The van der Waals surface area contributed by atoms with E-state index < -0.39 is 24.3 Å². The van der Waals surface area contributed by atoms with Crippen molar-refractivity contribution in [1.82, 2.24) is 0 Å². The van der Waals surface area contributed by atoms with Crippen molar-refractivity contribution < 1.29 is 25.2 Å². The predicted molar refractivity (Wildman–Crippen MR) is 98.1 cm³/mol. The summed E-state index contributed by atoms with van der Waals surface area (Å²) in [4.78, 5) is 10.5. The van der Waals surface area contributed by atoms with Crippen LogP contribution >= 0.6 is 0 Å². The van der Waals surface area contributed by atoms with Gasteiger partial charge in [0, 0.05) is 18.8 Å². The summed E-state index contributed by atoms with van der Waals surface area (Å²) in [5.74, 6) is -1.00. The number of allylic oxidation sites excluding steroid dienone is 2. The van der Waals surface area contributed by atoms with Gasteiger partial charge in [-0.2, -0.15) is 0 Å². The molecule has 1 aliphatic carbocycles. The van der Waals surface area contributed by atoms with Crippen molar-refractivity contribution in [2.45, 2.75) is 83.0 Å². The molecular weight excluding hydrogens is 320 g/mol. The second kappa shape index (κ2) is 12.2. The highest BCUT2D eigenvalue weighted by Crippen LogP contribution is 2.36. The summed E-state index contributed by atoms with van der Waals surface area (Å²) >= 11 is 0. The van der Waals surface area contributed by atoms with Crippen molar-refractivity contribution in [2.75, 3.05) is 0 Å². The van der Waals surface area contributed by atoms with Crippen LogP contribution in [0.2, 0.25) is 0 Å². The third-order valence-corrected chi connectivity index (χ3v) is 4.91. The Kier molecular flexibility index (Phi) is 10.7. The van der Waals surface area contributed by atoms with E-state index in [0.717, 1.165) is 25.7 Å². The van der Waals surface area contributed by atoms with Crippen LogP contribution in [-0.4, -0.2) is 44.7 Å². The van der Waals surface area contributed by atoms with Crippen LogP contribution in [0, 0.1) is 11.8 Å². The Bertz CT molecular complexity index is 432. The van der Waals surface area contributed by atoms with Gasteiger partial charge < -0.3 is 20.4 Å². The molecule has 0 aromatic rings. The summed E-state index contributed by atoms with van der Waals surface area (Å²) in [6.45, 7) is 2.12. The number of hydrogen-bond donors (Lipinski definition) is 4. The van der Waals surface area contributed by atoms with E-state index in [1.807, 2.05) is 18.2 Å². The van der Waals surface area contributed by atoms with Crippen LogP contribution in [0.5, 0.6) is 0 Å². The van der Waals surface area contributed by atoms with Crippen molar-refractivity contribution in [1.29, 1.82) is 0 Å². The van der Waals surface area contributed by atoms with E-state index in [-0.39, 0.29) is 18.3 Å². The van der Waals surface area contributed by atoms with Crippen LogP contribution in [-0.2, 0) is 4.79 Å². The van der Waals surface area contributed by atoms with Crippen LogP contribution < -0.4 is 0 Å². The Hall–Kier alpha value is -1.17. The normalized spacial score (nSPS) is 28.2. The number of hydrogen-bond acceptors (Lipinski definition) is 4. The Morgan fingerprint density at radius 2 is 1.92 bits per heavy atom. The fourth-order valence-corrected chi connectivity index (χ4v) is 3.41. The Morgan fingerprint density at radius 1 is 1.16 bits per heavy atom. The van der Waals surface area contributed by atoms with E-state index in [1.54, 1.807) is 6.08 Å². The molecule has 5 heteroatoms. The number of aliphatic hydroxyl groups is 3. The highest BCUT2D eigenvalue weighted by atomic mass is 16.4. The summed E-state index contributed by atoms with van der Waals surface area (Å²) in [5.41, 5.74) is 0. The number of aliphatic hydroxyl groups excluding tert-OH is 3. The van der Waals surface area contributed by atoms with Crippen molar-refractivity contribution in [3.05, 3.63) is 24.3 Å². The molecule has 3 unspecified atom stereocenters. The quantitative estimate of drug-likeness (QED) is 0.319. The van der Waals surface area contributed by atoms with Crippen LogP contribution in [0.1, 0.15) is 64.7 Å². The molecule has 0 bridgehead atoms. The number of aliphatic carboxylic acids is 1. The lowest BCUT2D eigenvalue weighted by atomic mass is 9.89. The Balaban J connectivity index is 2.46. The smallest absolute Gasteiger partial charge is 0.303 e. The Morgan fingerprint density at radius 3 is 2.60 bits per heavy atom. The number of unbranched alkanes of at least 4 members (excludes halogenated alkanes) is 3. The fraction of sp³-hybridized carbons (Fsp3) is 0.750. The van der Waals surface area contributed by atoms with E-state index >= 15 is 0 Å². The standard InChI is InChI=1S/C20H34O5/c1-2-3-6-9-15(21)12-13-17-16(18(22)14-19(17)23)10-7-4-5-8-11-20(24)25/h4,7,12-13,15-19,21-23H,2-3,5-6,8-11,14H2,1H3,(H,24,25)/b7-4+,13-12+/t15?,16-,17-,18?,19?/m1/s1. The van der Waals surface area contributed by atoms with Crippen molar-refractivity contribution >= 4 is 5.97 Å². The van der Waals surface area contributed by atoms with Crippen molar-refractivity contribution in [2.24, 2.45) is 11.8 Å². The van der Waals surface area contributed by atoms with Gasteiger partial charge in [0.2, 0.25) is 0 Å². The van der Waals surface area contributed by atoms with E-state index in [0.29, 0.717) is 25.7 Å². The summed E-state index contributed by atoms with van der Waals surface area (Å²) in [7, 11) is 0. The molecular formula is C20H34O5. The SMILES string of the molecule is CCCCCC(O)/C=C/[C@H]1C(O)CC(O)[C@@H]1C/C=C/CCCC(=O)O. The van der Waals surface area contributed by atoms with Gasteiger partial charge in [0.05, 0.1) is 18.3 Å². The van der Waals surface area contributed by atoms with E-state index in [4.69, 9.17) is 5.11 Å². The minimum atomic E-state index is -0.787. The van der Waals surface area contributed by atoms with E-state index in [2.05, 4.69) is 6.92 Å². The van der Waals surface area contributed by atoms with E-state index in [9.17, 15) is 20.1 Å². The molecule has 144 valence electrons. The molecule has 0 spiro atoms. The molecule has 0 saturated heterocycles. The summed E-state index contributed by atoms with van der Waals surface area (Å²) in [5, 5.41) is 39.0. The molecule has 1 fully saturated rings. The third kappa shape index (κ3) is 8.66. The first-order chi connectivity index (χ1) is 12.0. The Labute approximate surface area is 151 Å². The van der Waals surface area contributed by atoms with Crippen LogP contribution in [0.3, 0.4) is 0 Å². The van der Waals surface area contributed by atoms with Crippen molar-refractivity contribution in [3.63, 3.8) is 0 Å². The zero-order valence-corrected chi connectivity index (χ0v) is 15.3. The molecule has 0 radical (unpaired) electrons. The molecule has 0 amide bonds. The molecule has 0 aromatic heterocycles. The first kappa shape index (κ1) is 21.9. The van der Waals surface area contributed by atoms with Crippen LogP contribution in [0.15, 0.2) is 24.3 Å². The van der Waals surface area contributed by atoms with Crippen LogP contribution in [0.4, 0.5) is 0 Å². The van der Waals surface area contributed by atoms with E-state index in [1.165, 1.54) is 0 Å². The van der Waals surface area contributed by atoms with Gasteiger partial charge in [0.1, 0.15) is 0 Å². The topological polar surface area (TPSA) is 98.0 Å². The lowest BCUT2D eigenvalue weighted by Gasteiger charge is -2.19. The monoisotopic (exact) mass is 354 g/mol. The average Bonchev–Trinajstić information content (AvgIpc) is 2.82. The predicted octanol–water partition coefficient (Wildman–Crippen LogP) is 3.04.